The number of nitrogens with one attached hydrogen (secondary N) is 1. The van der Waals surface area contributed by atoms with Crippen molar-refractivity contribution >= 4 is 57.5 Å². The minimum absolute atomic E-state index is 0.242. The van der Waals surface area contributed by atoms with Crippen molar-refractivity contribution in [1.29, 1.82) is 0 Å². The van der Waals surface area contributed by atoms with Crippen LogP contribution in [0.15, 0.2) is 12.1 Å². The van der Waals surface area contributed by atoms with Gasteiger partial charge in [-0.1, -0.05) is 34.8 Å². The number of carbonyl (C=O) groups is 1. The number of hydrogen-bond acceptors (Lipinski definition) is 1. The second-order valence-corrected chi connectivity index (χ2v) is 3.74. The molecule has 1 rings (SSSR count). The maximum absolute atomic E-state index is 10.5. The molecule has 1 aromatic carbocycles. The largest absolute Gasteiger partial charge is 0.318 e. The first-order chi connectivity index (χ1) is 6.00. The lowest BCUT2D eigenvalue weighted by molar-refractivity contribution is 0.269. The van der Waals surface area contributed by atoms with Gasteiger partial charge in [-0.2, -0.15) is 0 Å². The molecular weight excluding hydrogens is 256 g/mol. The molecule has 13 heavy (non-hydrogen) atoms. The van der Waals surface area contributed by atoms with Crippen LogP contribution in [0.25, 0.3) is 0 Å². The van der Waals surface area contributed by atoms with Crippen molar-refractivity contribution in [2.45, 2.75) is 0 Å². The molecule has 6 heteroatoms. The van der Waals surface area contributed by atoms with E-state index in [0.717, 1.165) is 0 Å². The van der Waals surface area contributed by atoms with Gasteiger partial charge in [-0.25, -0.2) is 0 Å². The van der Waals surface area contributed by atoms with Crippen LogP contribution in [-0.2, 0) is 0 Å². The van der Waals surface area contributed by atoms with Crippen LogP contribution in [0, 0.1) is 0 Å². The molecule has 1 N–H and O–H groups in total. The summed E-state index contributed by atoms with van der Waals surface area (Å²) < 4.78 is 0. The summed E-state index contributed by atoms with van der Waals surface area (Å²) in [5, 5.41) is 2.39. The number of hydrogen-bond donors (Lipinski definition) is 1. The Hall–Kier alpha value is -0.150. The fraction of sp³-hybridized carbons (Fsp3) is 0. The second kappa shape index (κ2) is 4.38. The van der Waals surface area contributed by atoms with Crippen molar-refractivity contribution in [2.75, 3.05) is 5.32 Å². The van der Waals surface area contributed by atoms with Gasteiger partial charge in [0, 0.05) is 5.02 Å². The van der Waals surface area contributed by atoms with E-state index in [1.807, 2.05) is 0 Å². The predicted octanol–water partition coefficient (Wildman–Crippen LogP) is 4.42. The highest BCUT2D eigenvalue weighted by Crippen LogP contribution is 2.33. The number of halogens is 4. The SMILES string of the molecule is O=C(Cl)Nc1c(Cl)cc(Cl)cc1Cl. The van der Waals surface area contributed by atoms with Gasteiger partial charge in [-0.05, 0) is 23.7 Å². The van der Waals surface area contributed by atoms with Gasteiger partial charge < -0.3 is 5.32 Å². The van der Waals surface area contributed by atoms with E-state index in [1.165, 1.54) is 12.1 Å². The average molecular weight is 259 g/mol. The normalized spacial score (nSPS) is 9.85. The van der Waals surface area contributed by atoms with Crippen LogP contribution in [0.5, 0.6) is 0 Å². The molecule has 0 aromatic heterocycles. The molecule has 0 unspecified atom stereocenters. The van der Waals surface area contributed by atoms with Crippen molar-refractivity contribution in [2.24, 2.45) is 0 Å². The zero-order valence-corrected chi connectivity index (χ0v) is 9.10. The summed E-state index contributed by atoms with van der Waals surface area (Å²) in [5.41, 5.74) is 0.257. The van der Waals surface area contributed by atoms with Gasteiger partial charge in [0.25, 0.3) is 0 Å². The Morgan fingerprint density at radius 2 is 1.62 bits per heavy atom. The van der Waals surface area contributed by atoms with E-state index in [4.69, 9.17) is 46.4 Å². The van der Waals surface area contributed by atoms with Crippen LogP contribution in [0.3, 0.4) is 0 Å². The predicted molar refractivity (Wildman–Crippen MR) is 56.3 cm³/mol. The van der Waals surface area contributed by atoms with Crippen molar-refractivity contribution < 1.29 is 4.79 Å². The molecule has 2 nitrogen and oxygen atoms in total. The first kappa shape index (κ1) is 10.9. The third kappa shape index (κ3) is 2.92. The summed E-state index contributed by atoms with van der Waals surface area (Å²) in [6.45, 7) is 0. The Morgan fingerprint density at radius 3 is 2.00 bits per heavy atom. The number of carbonyl (C=O) groups excluding carboxylic acids is 1. The maximum atomic E-state index is 10.5. The summed E-state index contributed by atoms with van der Waals surface area (Å²) >= 11 is 22.2. The maximum Gasteiger partial charge on any atom is 0.318 e. The van der Waals surface area contributed by atoms with Crippen molar-refractivity contribution in [1.82, 2.24) is 0 Å². The lowest BCUT2D eigenvalue weighted by Gasteiger charge is -2.06. The number of amides is 1. The van der Waals surface area contributed by atoms with Gasteiger partial charge in [0.1, 0.15) is 0 Å². The molecule has 0 bridgehead atoms. The highest BCUT2D eigenvalue weighted by Gasteiger charge is 2.09. The number of benzene rings is 1. The molecule has 0 saturated carbocycles. The average Bonchev–Trinajstić information content (AvgIpc) is 1.96. The van der Waals surface area contributed by atoms with E-state index in [-0.39, 0.29) is 15.7 Å². The Labute approximate surface area is 94.7 Å². The lowest BCUT2D eigenvalue weighted by Crippen LogP contribution is -2.02. The molecule has 0 aliphatic carbocycles. The molecule has 70 valence electrons. The summed E-state index contributed by atoms with van der Waals surface area (Å²) in [4.78, 5) is 10.5. The van der Waals surface area contributed by atoms with E-state index in [0.29, 0.717) is 5.02 Å². The van der Waals surface area contributed by atoms with Crippen LogP contribution in [-0.4, -0.2) is 5.37 Å². The number of anilines is 1. The Morgan fingerprint density at radius 1 is 1.15 bits per heavy atom. The van der Waals surface area contributed by atoms with E-state index < -0.39 is 5.37 Å². The van der Waals surface area contributed by atoms with Gasteiger partial charge >= 0.3 is 5.37 Å². The highest BCUT2D eigenvalue weighted by molar-refractivity contribution is 6.66. The molecule has 0 fully saturated rings. The summed E-state index contributed by atoms with van der Waals surface area (Å²) in [6, 6.07) is 2.91. The Kier molecular flexibility index (Phi) is 3.68. The third-order valence-electron chi connectivity index (χ3n) is 1.23. The first-order valence-electron chi connectivity index (χ1n) is 3.11. The van der Waals surface area contributed by atoms with Crippen LogP contribution in [0.2, 0.25) is 15.1 Å². The standard InChI is InChI=1S/C7H3Cl4NO/c8-3-1-4(9)6(5(10)2-3)12-7(11)13/h1-2H,(H,12,13). The van der Waals surface area contributed by atoms with Gasteiger partial charge in [-0.3, -0.25) is 4.79 Å². The molecule has 1 amide bonds. The topological polar surface area (TPSA) is 29.1 Å². The first-order valence-corrected chi connectivity index (χ1v) is 4.63. The van der Waals surface area contributed by atoms with E-state index >= 15 is 0 Å². The molecule has 0 aliphatic rings. The monoisotopic (exact) mass is 257 g/mol. The molecule has 0 saturated heterocycles. The van der Waals surface area contributed by atoms with Crippen LogP contribution in [0.1, 0.15) is 0 Å². The van der Waals surface area contributed by atoms with Crippen LogP contribution < -0.4 is 5.32 Å². The smallest absolute Gasteiger partial charge is 0.310 e. The van der Waals surface area contributed by atoms with E-state index in [1.54, 1.807) is 0 Å². The van der Waals surface area contributed by atoms with E-state index in [9.17, 15) is 4.79 Å². The molecular formula is C7H3Cl4NO. The van der Waals surface area contributed by atoms with Gasteiger partial charge in [0.2, 0.25) is 0 Å². The minimum Gasteiger partial charge on any atom is -0.310 e. The summed E-state index contributed by atoms with van der Waals surface area (Å²) in [5.74, 6) is 0. The van der Waals surface area contributed by atoms with Crippen molar-refractivity contribution in [3.05, 3.63) is 27.2 Å². The molecule has 1 aromatic rings. The minimum atomic E-state index is -0.758. The molecule has 0 spiro atoms. The zero-order valence-electron chi connectivity index (χ0n) is 6.07. The Balaban J connectivity index is 3.13. The Bertz CT molecular complexity index is 329. The molecule has 0 heterocycles. The molecule has 0 radical (unpaired) electrons. The fourth-order valence-corrected chi connectivity index (χ4v) is 1.77. The van der Waals surface area contributed by atoms with Gasteiger partial charge in [-0.15, -0.1) is 0 Å². The highest BCUT2D eigenvalue weighted by atomic mass is 35.5. The molecule has 0 atom stereocenters. The fourth-order valence-electron chi connectivity index (χ4n) is 0.760. The van der Waals surface area contributed by atoms with Crippen LogP contribution in [0.4, 0.5) is 10.5 Å². The van der Waals surface area contributed by atoms with E-state index in [2.05, 4.69) is 5.32 Å². The van der Waals surface area contributed by atoms with Crippen LogP contribution >= 0.6 is 46.4 Å². The van der Waals surface area contributed by atoms with Crippen molar-refractivity contribution in [3.63, 3.8) is 0 Å². The quantitative estimate of drug-likeness (QED) is 0.587. The van der Waals surface area contributed by atoms with Gasteiger partial charge in [0.15, 0.2) is 0 Å². The lowest BCUT2D eigenvalue weighted by atomic mass is 10.3. The molecule has 0 aliphatic heterocycles. The van der Waals surface area contributed by atoms with Crippen molar-refractivity contribution in [3.8, 4) is 0 Å². The summed E-state index contributed by atoms with van der Waals surface area (Å²) in [6.07, 6.45) is 0. The third-order valence-corrected chi connectivity index (χ3v) is 2.14. The second-order valence-electron chi connectivity index (χ2n) is 2.14. The van der Waals surface area contributed by atoms with Gasteiger partial charge in [0.05, 0.1) is 15.7 Å². The summed E-state index contributed by atoms with van der Waals surface area (Å²) in [7, 11) is 0. The zero-order chi connectivity index (χ0) is 10.0. The number of rotatable bonds is 1.